The number of carbonyl (C=O) groups is 2. The van der Waals surface area contributed by atoms with Crippen LogP contribution in [0.25, 0.3) is 0 Å². The average molecular weight is 201 g/mol. The fourth-order valence-electron chi connectivity index (χ4n) is 0.719. The lowest BCUT2D eigenvalue weighted by atomic mass is 10.1. The smallest absolute Gasteiger partial charge is 0.320 e. The van der Waals surface area contributed by atoms with Crippen molar-refractivity contribution in [1.82, 2.24) is 5.32 Å². The van der Waals surface area contributed by atoms with E-state index < -0.39 is 11.1 Å². The predicted molar refractivity (Wildman–Crippen MR) is 54.0 cm³/mol. The van der Waals surface area contributed by atoms with Crippen molar-refractivity contribution in [3.63, 3.8) is 0 Å². The van der Waals surface area contributed by atoms with Crippen LogP contribution < -0.4 is 5.32 Å². The Morgan fingerprint density at radius 1 is 1.29 bits per heavy atom. The quantitative estimate of drug-likeness (QED) is 0.542. The van der Waals surface area contributed by atoms with E-state index in [2.05, 4.69) is 5.32 Å². The molecular weight excluding hydrogens is 182 g/mol. The van der Waals surface area contributed by atoms with Crippen LogP contribution in [0.4, 0.5) is 0 Å². The molecule has 0 saturated carbocycles. The molecule has 0 aromatic carbocycles. The van der Waals surface area contributed by atoms with Gasteiger partial charge in [-0.3, -0.25) is 10.1 Å². The van der Waals surface area contributed by atoms with E-state index in [1.54, 1.807) is 34.6 Å². The van der Waals surface area contributed by atoms with Crippen LogP contribution in [-0.4, -0.2) is 29.9 Å². The van der Waals surface area contributed by atoms with Gasteiger partial charge in [0, 0.05) is 0 Å². The largest absolute Gasteiger partial charge is 0.459 e. The molecule has 0 aromatic heterocycles. The fraction of sp³-hybridized carbons (Fsp3) is 0.800. The molecule has 0 fully saturated rings. The maximum atomic E-state index is 11.2. The average Bonchev–Trinajstić information content (AvgIpc) is 1.98. The van der Waals surface area contributed by atoms with E-state index in [0.29, 0.717) is 0 Å². The van der Waals surface area contributed by atoms with Gasteiger partial charge in [-0.05, 0) is 34.6 Å². The third kappa shape index (κ3) is 6.60. The summed E-state index contributed by atoms with van der Waals surface area (Å²) in [5.74, 6) is -0.354. The van der Waals surface area contributed by atoms with Crippen LogP contribution in [-0.2, 0) is 14.3 Å². The molecule has 0 saturated heterocycles. The summed E-state index contributed by atoms with van der Waals surface area (Å²) in [6.07, 6.45) is 0.761. The van der Waals surface area contributed by atoms with Crippen molar-refractivity contribution in [2.24, 2.45) is 0 Å². The zero-order valence-electron chi connectivity index (χ0n) is 9.51. The third-order valence-electron chi connectivity index (χ3n) is 1.40. The number of aldehydes is 1. The van der Waals surface area contributed by atoms with Gasteiger partial charge in [-0.15, -0.1) is 0 Å². The van der Waals surface area contributed by atoms with E-state index in [4.69, 9.17) is 4.74 Å². The minimum Gasteiger partial charge on any atom is -0.459 e. The van der Waals surface area contributed by atoms with Crippen LogP contribution in [0.1, 0.15) is 34.6 Å². The highest BCUT2D eigenvalue weighted by Crippen LogP contribution is 2.06. The van der Waals surface area contributed by atoms with Crippen LogP contribution in [0.15, 0.2) is 0 Å². The Morgan fingerprint density at radius 2 is 1.79 bits per heavy atom. The normalized spacial score (nSPS) is 12.4. The number of ether oxygens (including phenoxy) is 1. The Labute approximate surface area is 85.0 Å². The van der Waals surface area contributed by atoms with Gasteiger partial charge in [-0.1, -0.05) is 0 Å². The van der Waals surface area contributed by atoms with Crippen molar-refractivity contribution >= 4 is 12.3 Å². The van der Waals surface area contributed by atoms with Gasteiger partial charge in [0.25, 0.3) is 0 Å². The van der Waals surface area contributed by atoms with Gasteiger partial charge in [-0.2, -0.15) is 0 Å². The lowest BCUT2D eigenvalue weighted by molar-refractivity contribution is -0.153. The van der Waals surface area contributed by atoms with Crippen LogP contribution in [0.5, 0.6) is 0 Å². The molecule has 1 N–H and O–H groups in total. The highest BCUT2D eigenvalue weighted by molar-refractivity contribution is 5.73. The molecule has 0 aliphatic carbocycles. The second kappa shape index (κ2) is 4.55. The highest BCUT2D eigenvalue weighted by Gasteiger charge is 2.20. The molecule has 0 radical (unpaired) electrons. The van der Waals surface area contributed by atoms with Crippen molar-refractivity contribution in [2.75, 3.05) is 6.54 Å². The lowest BCUT2D eigenvalue weighted by Gasteiger charge is -2.22. The maximum Gasteiger partial charge on any atom is 0.320 e. The maximum absolute atomic E-state index is 11.2. The molecule has 0 amide bonds. The van der Waals surface area contributed by atoms with E-state index in [-0.39, 0.29) is 12.5 Å². The number of carbonyl (C=O) groups excluding carboxylic acids is 2. The van der Waals surface area contributed by atoms with Gasteiger partial charge in [0.1, 0.15) is 11.9 Å². The highest BCUT2D eigenvalue weighted by atomic mass is 16.6. The molecule has 0 aliphatic heterocycles. The van der Waals surface area contributed by atoms with Gasteiger partial charge in [0.2, 0.25) is 0 Å². The summed E-state index contributed by atoms with van der Waals surface area (Å²) >= 11 is 0. The summed E-state index contributed by atoms with van der Waals surface area (Å²) in [7, 11) is 0. The summed E-state index contributed by atoms with van der Waals surface area (Å²) in [5, 5.41) is 2.79. The molecule has 0 aliphatic rings. The summed E-state index contributed by atoms with van der Waals surface area (Å²) in [5.41, 5.74) is -1.17. The van der Waals surface area contributed by atoms with Crippen molar-refractivity contribution in [3.8, 4) is 0 Å². The molecule has 0 aromatic rings. The Balaban J connectivity index is 3.93. The molecule has 0 unspecified atom stereocenters. The zero-order chi connectivity index (χ0) is 11.4. The van der Waals surface area contributed by atoms with E-state index in [1.165, 1.54) is 0 Å². The minimum atomic E-state index is -0.684. The van der Waals surface area contributed by atoms with Gasteiger partial charge < -0.3 is 9.53 Å². The molecule has 0 heterocycles. The van der Waals surface area contributed by atoms with E-state index in [9.17, 15) is 9.59 Å². The Hall–Kier alpha value is -0.900. The van der Waals surface area contributed by atoms with Crippen LogP contribution in [0.3, 0.4) is 0 Å². The first-order chi connectivity index (χ1) is 6.16. The topological polar surface area (TPSA) is 55.4 Å². The molecule has 4 heteroatoms. The van der Waals surface area contributed by atoms with Crippen LogP contribution >= 0.6 is 0 Å². The first-order valence-electron chi connectivity index (χ1n) is 4.59. The molecule has 0 atom stereocenters. The number of esters is 1. The second-order valence-corrected chi connectivity index (χ2v) is 4.78. The van der Waals surface area contributed by atoms with Crippen molar-refractivity contribution < 1.29 is 14.3 Å². The Bertz CT molecular complexity index is 216. The molecule has 14 heavy (non-hydrogen) atoms. The van der Waals surface area contributed by atoms with Crippen LogP contribution in [0.2, 0.25) is 0 Å². The summed E-state index contributed by atoms with van der Waals surface area (Å²) in [4.78, 5) is 21.7. The molecule has 0 spiro atoms. The minimum absolute atomic E-state index is 0.0447. The number of rotatable bonds is 4. The summed E-state index contributed by atoms with van der Waals surface area (Å²) in [6.45, 7) is 8.85. The Kier molecular flexibility index (Phi) is 4.26. The summed E-state index contributed by atoms with van der Waals surface area (Å²) < 4.78 is 5.06. The number of hydrogen-bond donors (Lipinski definition) is 1. The molecule has 4 nitrogen and oxygen atoms in total. The monoisotopic (exact) mass is 201 g/mol. The molecular formula is C10H19NO3. The fourth-order valence-corrected chi connectivity index (χ4v) is 0.719. The second-order valence-electron chi connectivity index (χ2n) is 4.78. The van der Waals surface area contributed by atoms with Crippen molar-refractivity contribution in [2.45, 2.75) is 45.8 Å². The predicted octanol–water partition coefficient (Wildman–Crippen LogP) is 0.895. The molecule has 82 valence electrons. The van der Waals surface area contributed by atoms with Crippen molar-refractivity contribution in [3.05, 3.63) is 0 Å². The van der Waals surface area contributed by atoms with E-state index >= 15 is 0 Å². The molecule has 0 bridgehead atoms. The van der Waals surface area contributed by atoms with Gasteiger partial charge in [-0.25, -0.2) is 0 Å². The lowest BCUT2D eigenvalue weighted by Crippen LogP contribution is -2.44. The van der Waals surface area contributed by atoms with E-state index in [1.807, 2.05) is 0 Å². The van der Waals surface area contributed by atoms with Crippen LogP contribution in [0, 0.1) is 0 Å². The number of nitrogens with one attached hydrogen (secondary N) is 1. The summed E-state index contributed by atoms with van der Waals surface area (Å²) in [6, 6.07) is 0. The van der Waals surface area contributed by atoms with E-state index in [0.717, 1.165) is 6.29 Å². The molecule has 0 rings (SSSR count). The van der Waals surface area contributed by atoms with Gasteiger partial charge >= 0.3 is 5.97 Å². The van der Waals surface area contributed by atoms with Crippen molar-refractivity contribution in [1.29, 1.82) is 0 Å². The Morgan fingerprint density at radius 3 is 2.14 bits per heavy atom. The zero-order valence-corrected chi connectivity index (χ0v) is 9.51. The third-order valence-corrected chi connectivity index (χ3v) is 1.40. The first-order valence-corrected chi connectivity index (χ1v) is 4.59. The number of hydrogen-bond acceptors (Lipinski definition) is 4. The van der Waals surface area contributed by atoms with Gasteiger partial charge in [0.15, 0.2) is 0 Å². The standard InChI is InChI=1S/C10H19NO3/c1-9(2,3)14-8(13)6-11-10(4,5)7-12/h7,11H,6H2,1-5H3. The SMILES string of the molecule is CC(C)(C=O)NCC(=O)OC(C)(C)C. The van der Waals surface area contributed by atoms with Gasteiger partial charge in [0.05, 0.1) is 12.1 Å². The first kappa shape index (κ1) is 13.1.